The summed E-state index contributed by atoms with van der Waals surface area (Å²) in [4.78, 5) is 12.1. The maximum absolute atomic E-state index is 12.1. The zero-order valence-corrected chi connectivity index (χ0v) is 10.5. The molecule has 0 fully saturated rings. The molecular formula is C11H14N2O3S. The molecule has 1 N–H and O–H groups in total. The lowest BCUT2D eigenvalue weighted by atomic mass is 10.1. The van der Waals surface area contributed by atoms with Crippen LogP contribution in [-0.4, -0.2) is 25.2 Å². The number of nitrogens with one attached hydrogen (secondary N) is 1. The number of amides is 1. The van der Waals surface area contributed by atoms with E-state index < -0.39 is 16.1 Å². The van der Waals surface area contributed by atoms with Gasteiger partial charge in [-0.3, -0.25) is 9.52 Å². The standard InChI is InChI=1S/C11H14N2O3S/c1-8(2)7-13-11(14)9-5-3-4-6-10(9)12-17(13,15)16/h3-6,8,12H,7H2,1-2H3. The Morgan fingerprint density at radius 2 is 1.94 bits per heavy atom. The fraction of sp³-hybridized carbons (Fsp3) is 0.364. The highest BCUT2D eigenvalue weighted by Gasteiger charge is 2.35. The summed E-state index contributed by atoms with van der Waals surface area (Å²) in [7, 11) is -3.75. The van der Waals surface area contributed by atoms with Crippen molar-refractivity contribution in [2.24, 2.45) is 5.92 Å². The lowest BCUT2D eigenvalue weighted by molar-refractivity contribution is 0.0849. The first kappa shape index (κ1) is 11.9. The smallest absolute Gasteiger partial charge is 0.268 e. The molecule has 0 unspecified atom stereocenters. The molecule has 0 aliphatic carbocycles. The third kappa shape index (κ3) is 2.12. The van der Waals surface area contributed by atoms with Gasteiger partial charge >= 0.3 is 10.2 Å². The van der Waals surface area contributed by atoms with Gasteiger partial charge in [0.2, 0.25) is 0 Å². The molecule has 1 aromatic carbocycles. The summed E-state index contributed by atoms with van der Waals surface area (Å²) in [6.45, 7) is 3.91. The fourth-order valence-corrected chi connectivity index (χ4v) is 3.09. The molecule has 0 saturated heterocycles. The van der Waals surface area contributed by atoms with Crippen LogP contribution in [0.3, 0.4) is 0 Å². The van der Waals surface area contributed by atoms with Crippen LogP contribution in [0.25, 0.3) is 0 Å². The Morgan fingerprint density at radius 1 is 1.29 bits per heavy atom. The van der Waals surface area contributed by atoms with E-state index >= 15 is 0 Å². The number of hydrogen-bond acceptors (Lipinski definition) is 3. The fourth-order valence-electron chi connectivity index (χ4n) is 1.71. The molecule has 0 bridgehead atoms. The van der Waals surface area contributed by atoms with Crippen LogP contribution in [0, 0.1) is 5.92 Å². The quantitative estimate of drug-likeness (QED) is 0.868. The molecule has 1 aliphatic heterocycles. The normalized spacial score (nSPS) is 17.8. The largest absolute Gasteiger partial charge is 0.326 e. The van der Waals surface area contributed by atoms with Crippen molar-refractivity contribution in [1.29, 1.82) is 0 Å². The minimum atomic E-state index is -3.75. The van der Waals surface area contributed by atoms with E-state index in [4.69, 9.17) is 0 Å². The van der Waals surface area contributed by atoms with E-state index in [1.807, 2.05) is 13.8 Å². The van der Waals surface area contributed by atoms with Crippen molar-refractivity contribution in [2.45, 2.75) is 13.8 Å². The Bertz CT molecular complexity index is 552. The summed E-state index contributed by atoms with van der Waals surface area (Å²) in [5.41, 5.74) is 0.737. The number of nitrogens with zero attached hydrogens (tertiary/aromatic N) is 1. The van der Waals surface area contributed by atoms with E-state index in [0.29, 0.717) is 11.3 Å². The topological polar surface area (TPSA) is 66.5 Å². The maximum atomic E-state index is 12.1. The zero-order valence-electron chi connectivity index (χ0n) is 9.67. The molecule has 0 saturated carbocycles. The summed E-state index contributed by atoms with van der Waals surface area (Å²) in [6.07, 6.45) is 0. The van der Waals surface area contributed by atoms with Gasteiger partial charge in [-0.2, -0.15) is 8.42 Å². The molecule has 0 aromatic heterocycles. The number of benzene rings is 1. The minimum absolute atomic E-state index is 0.0841. The summed E-state index contributed by atoms with van der Waals surface area (Å²) >= 11 is 0. The van der Waals surface area contributed by atoms with Crippen molar-refractivity contribution >= 4 is 21.8 Å². The predicted octanol–water partition coefficient (Wildman–Crippen LogP) is 1.46. The average molecular weight is 254 g/mol. The van der Waals surface area contributed by atoms with Gasteiger partial charge in [-0.15, -0.1) is 0 Å². The van der Waals surface area contributed by atoms with E-state index in [-0.39, 0.29) is 12.5 Å². The molecule has 1 amide bonds. The molecular weight excluding hydrogens is 240 g/mol. The predicted molar refractivity (Wildman–Crippen MR) is 64.9 cm³/mol. The average Bonchev–Trinajstić information content (AvgIpc) is 2.23. The molecule has 0 spiro atoms. The van der Waals surface area contributed by atoms with Crippen LogP contribution >= 0.6 is 0 Å². The number of carbonyl (C=O) groups excluding carboxylic acids is 1. The lowest BCUT2D eigenvalue weighted by Gasteiger charge is -2.29. The second kappa shape index (κ2) is 4.03. The van der Waals surface area contributed by atoms with E-state index in [9.17, 15) is 13.2 Å². The zero-order chi connectivity index (χ0) is 12.6. The number of carbonyl (C=O) groups is 1. The third-order valence-corrected chi connectivity index (χ3v) is 3.82. The second-order valence-electron chi connectivity index (χ2n) is 4.38. The molecule has 2 rings (SSSR count). The molecule has 5 nitrogen and oxygen atoms in total. The molecule has 17 heavy (non-hydrogen) atoms. The summed E-state index contributed by atoms with van der Waals surface area (Å²) in [5, 5.41) is 0. The molecule has 6 heteroatoms. The van der Waals surface area contributed by atoms with Crippen molar-refractivity contribution < 1.29 is 13.2 Å². The highest BCUT2D eigenvalue weighted by molar-refractivity contribution is 7.91. The third-order valence-electron chi connectivity index (χ3n) is 2.44. The van der Waals surface area contributed by atoms with Gasteiger partial charge in [0.25, 0.3) is 5.91 Å². The van der Waals surface area contributed by atoms with Crippen LogP contribution in [0.15, 0.2) is 24.3 Å². The Morgan fingerprint density at radius 3 is 2.59 bits per heavy atom. The van der Waals surface area contributed by atoms with Crippen molar-refractivity contribution in [3.05, 3.63) is 29.8 Å². The van der Waals surface area contributed by atoms with E-state index in [1.54, 1.807) is 24.3 Å². The Labute approximate surface area is 101 Å². The first-order chi connectivity index (χ1) is 7.92. The SMILES string of the molecule is CC(C)CN1C(=O)c2ccccc2NS1(=O)=O. The molecule has 0 atom stereocenters. The van der Waals surface area contributed by atoms with Gasteiger partial charge in [0.15, 0.2) is 0 Å². The molecule has 92 valence electrons. The number of para-hydroxylation sites is 1. The number of hydrogen-bond donors (Lipinski definition) is 1. The number of rotatable bonds is 2. The van der Waals surface area contributed by atoms with Crippen LogP contribution in [0.5, 0.6) is 0 Å². The van der Waals surface area contributed by atoms with Crippen LogP contribution in [0.1, 0.15) is 24.2 Å². The molecule has 1 heterocycles. The Kier molecular flexibility index (Phi) is 2.82. The first-order valence-corrected chi connectivity index (χ1v) is 6.79. The van der Waals surface area contributed by atoms with E-state index in [0.717, 1.165) is 4.31 Å². The minimum Gasteiger partial charge on any atom is -0.268 e. The van der Waals surface area contributed by atoms with Gasteiger partial charge in [0.1, 0.15) is 0 Å². The van der Waals surface area contributed by atoms with Crippen LogP contribution in [0.4, 0.5) is 5.69 Å². The van der Waals surface area contributed by atoms with Gasteiger partial charge in [0.05, 0.1) is 11.3 Å². The summed E-state index contributed by atoms with van der Waals surface area (Å²) < 4.78 is 27.1. The van der Waals surface area contributed by atoms with E-state index in [1.165, 1.54) is 0 Å². The first-order valence-electron chi connectivity index (χ1n) is 5.35. The molecule has 1 aromatic rings. The van der Waals surface area contributed by atoms with E-state index in [2.05, 4.69) is 4.72 Å². The van der Waals surface area contributed by atoms with Gasteiger partial charge in [-0.05, 0) is 18.1 Å². The number of anilines is 1. The van der Waals surface area contributed by atoms with Crippen LogP contribution in [0.2, 0.25) is 0 Å². The highest BCUT2D eigenvalue weighted by Crippen LogP contribution is 2.26. The van der Waals surface area contributed by atoms with Gasteiger partial charge < -0.3 is 0 Å². The summed E-state index contributed by atoms with van der Waals surface area (Å²) in [6, 6.07) is 6.60. The van der Waals surface area contributed by atoms with Crippen molar-refractivity contribution in [3.8, 4) is 0 Å². The Hall–Kier alpha value is -1.56. The van der Waals surface area contributed by atoms with Crippen molar-refractivity contribution in [2.75, 3.05) is 11.3 Å². The molecule has 1 aliphatic rings. The van der Waals surface area contributed by atoms with Crippen molar-refractivity contribution in [3.63, 3.8) is 0 Å². The second-order valence-corrected chi connectivity index (χ2v) is 5.98. The van der Waals surface area contributed by atoms with Crippen LogP contribution in [-0.2, 0) is 10.2 Å². The van der Waals surface area contributed by atoms with Gasteiger partial charge in [-0.25, -0.2) is 4.31 Å². The molecule has 0 radical (unpaired) electrons. The lowest BCUT2D eigenvalue weighted by Crippen LogP contribution is -2.46. The summed E-state index contributed by atoms with van der Waals surface area (Å²) in [5.74, 6) is -0.381. The maximum Gasteiger partial charge on any atom is 0.326 e. The number of fused-ring (bicyclic) bond motifs is 1. The Balaban J connectivity index is 2.48. The highest BCUT2D eigenvalue weighted by atomic mass is 32.2. The van der Waals surface area contributed by atoms with Crippen molar-refractivity contribution in [1.82, 2.24) is 4.31 Å². The van der Waals surface area contributed by atoms with Gasteiger partial charge in [0, 0.05) is 6.54 Å². The van der Waals surface area contributed by atoms with Crippen LogP contribution < -0.4 is 4.72 Å². The van der Waals surface area contributed by atoms with Gasteiger partial charge in [-0.1, -0.05) is 26.0 Å². The monoisotopic (exact) mass is 254 g/mol.